The van der Waals surface area contributed by atoms with Crippen molar-refractivity contribution >= 4 is 18.0 Å². The molecule has 0 aliphatic rings. The van der Waals surface area contributed by atoms with Gasteiger partial charge in [0.25, 0.3) is 0 Å². The number of thioether (sulfide) groups is 1. The summed E-state index contributed by atoms with van der Waals surface area (Å²) in [4.78, 5) is 8.69. The van der Waals surface area contributed by atoms with Crippen molar-refractivity contribution in [2.24, 2.45) is 10.9 Å². The van der Waals surface area contributed by atoms with Crippen LogP contribution in [0.3, 0.4) is 0 Å². The van der Waals surface area contributed by atoms with Crippen molar-refractivity contribution in [3.63, 3.8) is 0 Å². The van der Waals surface area contributed by atoms with E-state index >= 15 is 0 Å². The Hall–Kier alpha value is -2.28. The van der Waals surface area contributed by atoms with Crippen molar-refractivity contribution in [3.8, 4) is 11.8 Å². The maximum absolute atomic E-state index is 5.38. The lowest BCUT2D eigenvalue weighted by Gasteiger charge is -2.19. The molecule has 0 bridgehead atoms. The fourth-order valence-electron chi connectivity index (χ4n) is 2.06. The van der Waals surface area contributed by atoms with Gasteiger partial charge in [-0.2, -0.15) is 15.1 Å². The summed E-state index contributed by atoms with van der Waals surface area (Å²) in [6.07, 6.45) is 1.71. The summed E-state index contributed by atoms with van der Waals surface area (Å²) in [5.74, 6) is 6.47. The van der Waals surface area contributed by atoms with Crippen LogP contribution in [0.25, 0.3) is 0 Å². The van der Waals surface area contributed by atoms with Crippen LogP contribution < -0.4 is 15.3 Å². The Kier molecular flexibility index (Phi) is 6.22. The van der Waals surface area contributed by atoms with Gasteiger partial charge in [-0.05, 0) is 11.5 Å². The van der Waals surface area contributed by atoms with Crippen LogP contribution in [0.2, 0.25) is 0 Å². The lowest BCUT2D eigenvalue weighted by molar-refractivity contribution is 0.364. The first kappa shape index (κ1) is 17.1. The number of nitrogens with two attached hydrogens (primary N) is 1. The molecular weight excluding hydrogens is 312 g/mol. The van der Waals surface area contributed by atoms with E-state index in [1.165, 1.54) is 17.3 Å². The third-order valence-electron chi connectivity index (χ3n) is 3.37. The van der Waals surface area contributed by atoms with Crippen LogP contribution in [0.15, 0.2) is 46.7 Å². The van der Waals surface area contributed by atoms with E-state index in [4.69, 9.17) is 15.3 Å². The van der Waals surface area contributed by atoms with E-state index in [1.54, 1.807) is 26.5 Å². The number of ether oxygens (including phenoxy) is 2. The molecule has 7 heteroatoms. The minimum atomic E-state index is -0.0146. The predicted octanol–water partition coefficient (Wildman–Crippen LogP) is 2.70. The first-order valence-corrected chi connectivity index (χ1v) is 7.98. The second-order valence-corrected chi connectivity index (χ2v) is 5.96. The Balaban J connectivity index is 2.26. The lowest BCUT2D eigenvalue weighted by Crippen LogP contribution is -2.16. The molecule has 23 heavy (non-hydrogen) atoms. The fourth-order valence-corrected chi connectivity index (χ4v) is 3.08. The molecule has 0 aliphatic heterocycles. The van der Waals surface area contributed by atoms with Crippen molar-refractivity contribution in [2.45, 2.75) is 23.2 Å². The monoisotopic (exact) mass is 332 g/mol. The quantitative estimate of drug-likeness (QED) is 0.276. The predicted molar refractivity (Wildman–Crippen MR) is 92.3 cm³/mol. The molecule has 0 saturated carbocycles. The Morgan fingerprint density at radius 3 is 2.26 bits per heavy atom. The number of methoxy groups -OCH3 is 2. The molecule has 2 rings (SSSR count). The number of nitrogens with zero attached hydrogens (tertiary/aromatic N) is 3. The summed E-state index contributed by atoms with van der Waals surface area (Å²) in [7, 11) is 3.11. The summed E-state index contributed by atoms with van der Waals surface area (Å²) < 4.78 is 10.4. The van der Waals surface area contributed by atoms with E-state index in [0.717, 1.165) is 0 Å². The molecule has 2 N–H and O–H groups in total. The molecule has 1 aromatic carbocycles. The Labute approximate surface area is 140 Å². The molecule has 0 amide bonds. The van der Waals surface area contributed by atoms with Crippen LogP contribution in [-0.2, 0) is 0 Å². The number of hydrazone groups is 1. The zero-order valence-corrected chi connectivity index (χ0v) is 14.2. The average molecular weight is 332 g/mol. The summed E-state index contributed by atoms with van der Waals surface area (Å²) in [6, 6.07) is 11.8. The zero-order valence-electron chi connectivity index (χ0n) is 13.3. The fraction of sp³-hybridized carbons (Fsp3) is 0.312. The molecule has 2 aromatic rings. The molecule has 1 aromatic heterocycles. The first-order valence-electron chi connectivity index (χ1n) is 7.10. The molecule has 0 spiro atoms. The van der Waals surface area contributed by atoms with Gasteiger partial charge in [-0.3, -0.25) is 0 Å². The van der Waals surface area contributed by atoms with Gasteiger partial charge in [-0.1, -0.05) is 49.0 Å². The van der Waals surface area contributed by atoms with Gasteiger partial charge in [0.2, 0.25) is 11.8 Å². The average Bonchev–Trinajstić information content (AvgIpc) is 2.61. The van der Waals surface area contributed by atoms with Gasteiger partial charge in [-0.25, -0.2) is 0 Å². The number of aromatic nitrogens is 2. The Morgan fingerprint density at radius 1 is 1.13 bits per heavy atom. The standard InChI is InChI=1S/C16H20N4O2S/c1-11(12-7-5-4-6-8-12)13(10-18-17)23-16-19-14(21-2)9-15(20-16)22-3/h4-11,13H,17H2,1-3H3. The lowest BCUT2D eigenvalue weighted by atomic mass is 9.98. The number of benzene rings is 1. The van der Waals surface area contributed by atoms with Gasteiger partial charge >= 0.3 is 0 Å². The van der Waals surface area contributed by atoms with E-state index in [2.05, 4.69) is 34.1 Å². The van der Waals surface area contributed by atoms with Crippen molar-refractivity contribution < 1.29 is 9.47 Å². The summed E-state index contributed by atoms with van der Waals surface area (Å²) in [5.41, 5.74) is 1.19. The number of hydrogen-bond donors (Lipinski definition) is 1. The van der Waals surface area contributed by atoms with Crippen molar-refractivity contribution in [3.05, 3.63) is 42.0 Å². The minimum absolute atomic E-state index is 0.0146. The molecule has 0 radical (unpaired) electrons. The number of rotatable bonds is 7. The molecule has 2 unspecified atom stereocenters. The highest BCUT2D eigenvalue weighted by molar-refractivity contribution is 8.00. The molecule has 0 aliphatic carbocycles. The van der Waals surface area contributed by atoms with Crippen LogP contribution in [0.1, 0.15) is 18.4 Å². The summed E-state index contributed by atoms with van der Waals surface area (Å²) in [5, 5.41) is 4.24. The van der Waals surface area contributed by atoms with E-state index in [-0.39, 0.29) is 11.2 Å². The maximum Gasteiger partial charge on any atom is 0.220 e. The minimum Gasteiger partial charge on any atom is -0.481 e. The largest absolute Gasteiger partial charge is 0.481 e. The van der Waals surface area contributed by atoms with Crippen LogP contribution in [0.5, 0.6) is 11.8 Å². The summed E-state index contributed by atoms with van der Waals surface area (Å²) in [6.45, 7) is 2.12. The smallest absolute Gasteiger partial charge is 0.220 e. The van der Waals surface area contributed by atoms with E-state index in [1.807, 2.05) is 18.2 Å². The van der Waals surface area contributed by atoms with Gasteiger partial charge in [0.05, 0.1) is 25.5 Å². The third kappa shape index (κ3) is 4.59. The highest BCUT2D eigenvalue weighted by Gasteiger charge is 2.21. The molecule has 122 valence electrons. The summed E-state index contributed by atoms with van der Waals surface area (Å²) >= 11 is 1.46. The van der Waals surface area contributed by atoms with Crippen LogP contribution in [0, 0.1) is 0 Å². The second kappa shape index (κ2) is 8.38. The Morgan fingerprint density at radius 2 is 1.74 bits per heavy atom. The normalized spacial score (nSPS) is 13.7. The van der Waals surface area contributed by atoms with Gasteiger partial charge in [0, 0.05) is 6.21 Å². The Bertz CT molecular complexity index is 630. The first-order chi connectivity index (χ1) is 11.2. The van der Waals surface area contributed by atoms with Gasteiger partial charge < -0.3 is 15.3 Å². The van der Waals surface area contributed by atoms with Crippen molar-refractivity contribution in [1.82, 2.24) is 9.97 Å². The SMILES string of the molecule is COc1cc(OC)nc(SC(C=NN)C(C)c2ccccc2)n1. The van der Waals surface area contributed by atoms with E-state index in [0.29, 0.717) is 16.9 Å². The zero-order chi connectivity index (χ0) is 16.7. The molecule has 0 saturated heterocycles. The van der Waals surface area contributed by atoms with Gasteiger partial charge in [0.15, 0.2) is 5.16 Å². The van der Waals surface area contributed by atoms with Gasteiger partial charge in [0.1, 0.15) is 0 Å². The highest BCUT2D eigenvalue weighted by atomic mass is 32.2. The van der Waals surface area contributed by atoms with Crippen molar-refractivity contribution in [2.75, 3.05) is 14.2 Å². The number of hydrogen-bond acceptors (Lipinski definition) is 7. The molecular formula is C16H20N4O2S. The van der Waals surface area contributed by atoms with Crippen molar-refractivity contribution in [1.29, 1.82) is 0 Å². The topological polar surface area (TPSA) is 82.6 Å². The molecule has 0 fully saturated rings. The van der Waals surface area contributed by atoms with Crippen LogP contribution in [0.4, 0.5) is 0 Å². The third-order valence-corrected chi connectivity index (χ3v) is 4.57. The molecule has 6 nitrogen and oxygen atoms in total. The molecule has 2 atom stereocenters. The van der Waals surface area contributed by atoms with Gasteiger partial charge in [-0.15, -0.1) is 0 Å². The second-order valence-electron chi connectivity index (χ2n) is 4.82. The highest BCUT2D eigenvalue weighted by Crippen LogP contribution is 2.32. The van der Waals surface area contributed by atoms with E-state index < -0.39 is 0 Å². The van der Waals surface area contributed by atoms with Crippen LogP contribution >= 0.6 is 11.8 Å². The van der Waals surface area contributed by atoms with Crippen LogP contribution in [-0.4, -0.2) is 35.7 Å². The molecule has 1 heterocycles. The maximum atomic E-state index is 5.38. The van der Waals surface area contributed by atoms with E-state index in [9.17, 15) is 0 Å².